The zero-order valence-electron chi connectivity index (χ0n) is 17.5. The van der Waals surface area contributed by atoms with Crippen molar-refractivity contribution in [3.8, 4) is 0 Å². The Kier molecular flexibility index (Phi) is 21.1. The molecule has 0 atom stereocenters. The highest BCUT2D eigenvalue weighted by Crippen LogP contribution is 2.13. The molecular weight excluding hydrogens is 308 g/mol. The molecule has 25 heavy (non-hydrogen) atoms. The molecule has 0 saturated heterocycles. The topological polar surface area (TPSA) is 26.3 Å². The van der Waals surface area contributed by atoms with Gasteiger partial charge in [-0.1, -0.05) is 117 Å². The first-order chi connectivity index (χ1) is 12.3. The van der Waals surface area contributed by atoms with E-state index in [1.807, 2.05) is 0 Å². The van der Waals surface area contributed by atoms with Gasteiger partial charge in [-0.05, 0) is 12.8 Å². The molecule has 0 spiro atoms. The van der Waals surface area contributed by atoms with Gasteiger partial charge in [0.2, 0.25) is 0 Å². The van der Waals surface area contributed by atoms with E-state index in [1.54, 1.807) is 0 Å². The van der Waals surface area contributed by atoms with Crippen molar-refractivity contribution in [2.75, 3.05) is 6.61 Å². The van der Waals surface area contributed by atoms with Crippen LogP contribution in [0.5, 0.6) is 0 Å². The van der Waals surface area contributed by atoms with Crippen LogP contribution in [0.4, 0.5) is 0 Å². The van der Waals surface area contributed by atoms with E-state index in [1.165, 1.54) is 96.3 Å². The summed E-state index contributed by atoms with van der Waals surface area (Å²) in [5.74, 6) is 0.00537. The van der Waals surface area contributed by atoms with Crippen LogP contribution in [0.1, 0.15) is 136 Å². The van der Waals surface area contributed by atoms with Crippen molar-refractivity contribution in [2.45, 2.75) is 136 Å². The lowest BCUT2D eigenvalue weighted by molar-refractivity contribution is -0.143. The molecule has 0 aliphatic rings. The highest BCUT2D eigenvalue weighted by atomic mass is 16.5. The highest BCUT2D eigenvalue weighted by Gasteiger charge is 2.02. The minimum atomic E-state index is 0.00537. The van der Waals surface area contributed by atoms with Gasteiger partial charge in [0.1, 0.15) is 0 Å². The Hall–Kier alpha value is -0.530. The number of ether oxygens (including phenoxy) is 1. The second-order valence-electron chi connectivity index (χ2n) is 7.63. The molecule has 0 N–H and O–H groups in total. The summed E-state index contributed by atoms with van der Waals surface area (Å²) >= 11 is 0. The van der Waals surface area contributed by atoms with E-state index < -0.39 is 0 Å². The standard InChI is InChI=1S/C23H46O2/c1-3-5-7-9-10-11-12-13-14-15-16-17-18-20-22-25-23(24)21-19-8-6-4-2/h3-22H2,1-2H3. The monoisotopic (exact) mass is 354 g/mol. The summed E-state index contributed by atoms with van der Waals surface area (Å²) in [6.45, 7) is 5.10. The molecule has 0 radical (unpaired) electrons. The minimum Gasteiger partial charge on any atom is -0.466 e. The van der Waals surface area contributed by atoms with Crippen LogP contribution < -0.4 is 0 Å². The summed E-state index contributed by atoms with van der Waals surface area (Å²) in [7, 11) is 0. The summed E-state index contributed by atoms with van der Waals surface area (Å²) in [4.78, 5) is 11.5. The Labute approximate surface area is 158 Å². The maximum absolute atomic E-state index is 11.5. The zero-order valence-corrected chi connectivity index (χ0v) is 17.5. The normalized spacial score (nSPS) is 11.0. The van der Waals surface area contributed by atoms with Crippen molar-refractivity contribution >= 4 is 5.97 Å². The van der Waals surface area contributed by atoms with Crippen molar-refractivity contribution < 1.29 is 9.53 Å². The molecule has 2 heteroatoms. The van der Waals surface area contributed by atoms with Gasteiger partial charge >= 0.3 is 5.97 Å². The molecular formula is C23H46O2. The molecule has 0 amide bonds. The van der Waals surface area contributed by atoms with Crippen LogP contribution in [0.15, 0.2) is 0 Å². The summed E-state index contributed by atoms with van der Waals surface area (Å²) in [5, 5.41) is 0. The molecule has 0 fully saturated rings. The highest BCUT2D eigenvalue weighted by molar-refractivity contribution is 5.69. The molecule has 2 nitrogen and oxygen atoms in total. The third-order valence-corrected chi connectivity index (χ3v) is 5.00. The lowest BCUT2D eigenvalue weighted by Gasteiger charge is -2.05. The second kappa shape index (κ2) is 21.5. The third-order valence-electron chi connectivity index (χ3n) is 5.00. The van der Waals surface area contributed by atoms with Crippen LogP contribution in [0.25, 0.3) is 0 Å². The number of carbonyl (C=O) groups is 1. The van der Waals surface area contributed by atoms with Crippen LogP contribution in [0.3, 0.4) is 0 Å². The lowest BCUT2D eigenvalue weighted by atomic mass is 10.0. The number of carbonyl (C=O) groups excluding carboxylic acids is 1. The number of hydrogen-bond acceptors (Lipinski definition) is 2. The van der Waals surface area contributed by atoms with Crippen LogP contribution in [0, 0.1) is 0 Å². The van der Waals surface area contributed by atoms with Crippen LogP contribution >= 0.6 is 0 Å². The Morgan fingerprint density at radius 3 is 1.32 bits per heavy atom. The summed E-state index contributed by atoms with van der Waals surface area (Å²) in [5.41, 5.74) is 0. The maximum Gasteiger partial charge on any atom is 0.305 e. The van der Waals surface area contributed by atoms with Gasteiger partial charge in [-0.3, -0.25) is 4.79 Å². The van der Waals surface area contributed by atoms with E-state index in [2.05, 4.69) is 13.8 Å². The first-order valence-corrected chi connectivity index (χ1v) is 11.5. The first kappa shape index (κ1) is 24.5. The fourth-order valence-corrected chi connectivity index (χ4v) is 3.25. The Morgan fingerprint density at radius 2 is 0.880 bits per heavy atom. The minimum absolute atomic E-state index is 0.00537. The van der Waals surface area contributed by atoms with E-state index in [0.717, 1.165) is 19.3 Å². The second-order valence-corrected chi connectivity index (χ2v) is 7.63. The van der Waals surface area contributed by atoms with Gasteiger partial charge in [0.15, 0.2) is 0 Å². The Morgan fingerprint density at radius 1 is 0.520 bits per heavy atom. The number of hydrogen-bond donors (Lipinski definition) is 0. The van der Waals surface area contributed by atoms with E-state index in [0.29, 0.717) is 13.0 Å². The first-order valence-electron chi connectivity index (χ1n) is 11.5. The molecule has 0 heterocycles. The zero-order chi connectivity index (χ0) is 18.4. The summed E-state index contributed by atoms with van der Waals surface area (Å²) < 4.78 is 5.29. The van der Waals surface area contributed by atoms with Crippen molar-refractivity contribution in [1.29, 1.82) is 0 Å². The van der Waals surface area contributed by atoms with E-state index in [4.69, 9.17) is 4.74 Å². The van der Waals surface area contributed by atoms with E-state index in [-0.39, 0.29) is 5.97 Å². The van der Waals surface area contributed by atoms with Gasteiger partial charge in [-0.2, -0.15) is 0 Å². The van der Waals surface area contributed by atoms with E-state index in [9.17, 15) is 4.79 Å². The van der Waals surface area contributed by atoms with Gasteiger partial charge in [0, 0.05) is 6.42 Å². The molecule has 0 aromatic heterocycles. The fourth-order valence-electron chi connectivity index (χ4n) is 3.25. The number of esters is 1. The average molecular weight is 355 g/mol. The van der Waals surface area contributed by atoms with Gasteiger partial charge < -0.3 is 4.74 Å². The fraction of sp³-hybridized carbons (Fsp3) is 0.957. The lowest BCUT2D eigenvalue weighted by Crippen LogP contribution is -2.05. The molecule has 0 aromatic carbocycles. The molecule has 0 bridgehead atoms. The van der Waals surface area contributed by atoms with Crippen molar-refractivity contribution in [2.24, 2.45) is 0 Å². The SMILES string of the molecule is CCCCCCCCCCCCCCCCOC(=O)CCCCCC. The third kappa shape index (κ3) is 21.4. The van der Waals surface area contributed by atoms with Crippen LogP contribution in [-0.2, 0) is 9.53 Å². The summed E-state index contributed by atoms with van der Waals surface area (Å²) in [6.07, 6.45) is 24.3. The van der Waals surface area contributed by atoms with Crippen molar-refractivity contribution in [1.82, 2.24) is 0 Å². The molecule has 0 saturated carbocycles. The molecule has 0 aliphatic heterocycles. The smallest absolute Gasteiger partial charge is 0.305 e. The predicted molar refractivity (Wildman–Crippen MR) is 110 cm³/mol. The van der Waals surface area contributed by atoms with Gasteiger partial charge in [0.25, 0.3) is 0 Å². The van der Waals surface area contributed by atoms with Crippen LogP contribution in [0.2, 0.25) is 0 Å². The largest absolute Gasteiger partial charge is 0.466 e. The molecule has 0 unspecified atom stereocenters. The Balaban J connectivity index is 3.08. The molecule has 0 rings (SSSR count). The van der Waals surface area contributed by atoms with Gasteiger partial charge in [0.05, 0.1) is 6.61 Å². The van der Waals surface area contributed by atoms with Crippen molar-refractivity contribution in [3.63, 3.8) is 0 Å². The van der Waals surface area contributed by atoms with Gasteiger partial charge in [-0.25, -0.2) is 0 Å². The Bertz CT molecular complexity index is 263. The maximum atomic E-state index is 11.5. The number of unbranched alkanes of at least 4 members (excludes halogenated alkanes) is 16. The van der Waals surface area contributed by atoms with Crippen LogP contribution in [-0.4, -0.2) is 12.6 Å². The summed E-state index contributed by atoms with van der Waals surface area (Å²) in [6, 6.07) is 0. The molecule has 0 aliphatic carbocycles. The predicted octanol–water partition coefficient (Wildman–Crippen LogP) is 7.98. The molecule has 0 aromatic rings. The van der Waals surface area contributed by atoms with Gasteiger partial charge in [-0.15, -0.1) is 0 Å². The molecule has 150 valence electrons. The average Bonchev–Trinajstić information content (AvgIpc) is 2.62. The number of rotatable bonds is 20. The van der Waals surface area contributed by atoms with E-state index >= 15 is 0 Å². The quantitative estimate of drug-likeness (QED) is 0.164. The van der Waals surface area contributed by atoms with Crippen molar-refractivity contribution in [3.05, 3.63) is 0 Å².